The van der Waals surface area contributed by atoms with Crippen LogP contribution in [0.15, 0.2) is 22.8 Å². The van der Waals surface area contributed by atoms with E-state index >= 15 is 0 Å². The Kier molecular flexibility index (Phi) is 1.92. The molecule has 2 unspecified atom stereocenters. The van der Waals surface area contributed by atoms with Gasteiger partial charge in [0, 0.05) is 5.56 Å². The number of nitrogens with zero attached hydrogens (tertiary/aromatic N) is 2. The molecule has 92 valence electrons. The molecule has 1 aromatic heterocycles. The molecule has 0 radical (unpaired) electrons. The maximum atomic E-state index is 12.7. The lowest BCUT2D eigenvalue weighted by molar-refractivity contribution is 0.0870. The average molecular weight is 243 g/mol. The van der Waals surface area contributed by atoms with Crippen LogP contribution in [0.3, 0.4) is 0 Å². The van der Waals surface area contributed by atoms with E-state index in [1.807, 2.05) is 6.07 Å². The highest BCUT2D eigenvalue weighted by atomic mass is 16.6. The van der Waals surface area contributed by atoms with Gasteiger partial charge in [0.25, 0.3) is 0 Å². The van der Waals surface area contributed by atoms with Crippen LogP contribution in [0.5, 0.6) is 0 Å². The number of carbonyl (C=O) groups is 1. The second-order valence-electron chi connectivity index (χ2n) is 5.37. The van der Waals surface area contributed by atoms with Gasteiger partial charge < -0.3 is 5.32 Å². The van der Waals surface area contributed by atoms with Crippen molar-refractivity contribution in [3.8, 4) is 0 Å². The smallest absolute Gasteiger partial charge is 0.182 e. The fraction of sp³-hybridized carbons (Fsp3) is 0.462. The zero-order chi connectivity index (χ0) is 12.2. The van der Waals surface area contributed by atoms with E-state index in [4.69, 9.17) is 0 Å². The van der Waals surface area contributed by atoms with Crippen molar-refractivity contribution in [2.75, 3.05) is 6.54 Å². The number of hydrogen-bond acceptors (Lipinski definition) is 5. The lowest BCUT2D eigenvalue weighted by Crippen LogP contribution is -2.47. The molecule has 2 aromatic rings. The molecule has 0 amide bonds. The van der Waals surface area contributed by atoms with Crippen LogP contribution in [0, 0.1) is 5.92 Å². The first-order chi connectivity index (χ1) is 8.77. The maximum absolute atomic E-state index is 12.7. The third-order valence-corrected chi connectivity index (χ3v) is 4.30. The van der Waals surface area contributed by atoms with Gasteiger partial charge in [-0.15, -0.1) is 0 Å². The quantitative estimate of drug-likeness (QED) is 0.810. The lowest BCUT2D eigenvalue weighted by Gasteiger charge is -2.26. The monoisotopic (exact) mass is 243 g/mol. The normalized spacial score (nSPS) is 30.1. The van der Waals surface area contributed by atoms with Gasteiger partial charge in [-0.3, -0.25) is 4.79 Å². The van der Waals surface area contributed by atoms with Gasteiger partial charge in [-0.2, -0.15) is 0 Å². The highest BCUT2D eigenvalue weighted by Crippen LogP contribution is 2.41. The Labute approximate surface area is 104 Å². The van der Waals surface area contributed by atoms with E-state index in [0.29, 0.717) is 22.5 Å². The van der Waals surface area contributed by atoms with Gasteiger partial charge in [-0.05, 0) is 60.2 Å². The number of Topliss-reactive ketones (excluding diaryl/α,β-unsaturated/α-hetero) is 1. The van der Waals surface area contributed by atoms with E-state index in [9.17, 15) is 4.79 Å². The van der Waals surface area contributed by atoms with Crippen LogP contribution in [-0.2, 0) is 0 Å². The van der Waals surface area contributed by atoms with E-state index in [1.54, 1.807) is 12.1 Å². The first-order valence-corrected chi connectivity index (χ1v) is 6.29. The van der Waals surface area contributed by atoms with E-state index < -0.39 is 0 Å². The van der Waals surface area contributed by atoms with Gasteiger partial charge in [-0.25, -0.2) is 4.63 Å². The Morgan fingerprint density at radius 3 is 3.00 bits per heavy atom. The lowest BCUT2D eigenvalue weighted by atomic mass is 9.88. The molecule has 2 atom stereocenters. The number of carbonyl (C=O) groups excluding carboxylic acids is 1. The number of rotatable bonds is 2. The van der Waals surface area contributed by atoms with E-state index in [2.05, 4.69) is 20.3 Å². The third-order valence-electron chi connectivity index (χ3n) is 4.30. The third kappa shape index (κ3) is 1.28. The number of nitrogens with one attached hydrogen (secondary N) is 1. The SMILES string of the molecule is O=C(c1ccc2nonc2c1)C12CCC(CN1)C2. The highest BCUT2D eigenvalue weighted by molar-refractivity contribution is 6.05. The molecule has 2 heterocycles. The van der Waals surface area contributed by atoms with E-state index in [1.165, 1.54) is 0 Å². The first-order valence-electron chi connectivity index (χ1n) is 6.29. The Morgan fingerprint density at radius 1 is 1.39 bits per heavy atom. The second kappa shape index (κ2) is 3.38. The van der Waals surface area contributed by atoms with Gasteiger partial charge in [0.15, 0.2) is 5.78 Å². The van der Waals surface area contributed by atoms with Crippen molar-refractivity contribution in [2.24, 2.45) is 5.92 Å². The molecular formula is C13H13N3O2. The van der Waals surface area contributed by atoms with Crippen molar-refractivity contribution < 1.29 is 9.42 Å². The zero-order valence-electron chi connectivity index (χ0n) is 9.85. The minimum atomic E-state index is -0.324. The molecule has 1 saturated heterocycles. The van der Waals surface area contributed by atoms with Crippen molar-refractivity contribution in [3.63, 3.8) is 0 Å². The summed E-state index contributed by atoms with van der Waals surface area (Å²) in [7, 11) is 0. The molecule has 1 aliphatic heterocycles. The summed E-state index contributed by atoms with van der Waals surface area (Å²) >= 11 is 0. The minimum Gasteiger partial charge on any atom is -0.304 e. The molecule has 1 saturated carbocycles. The average Bonchev–Trinajstić information content (AvgIpc) is 3.12. The van der Waals surface area contributed by atoms with Crippen molar-refractivity contribution in [1.82, 2.24) is 15.6 Å². The zero-order valence-corrected chi connectivity index (χ0v) is 9.85. The van der Waals surface area contributed by atoms with Crippen LogP contribution in [0.25, 0.3) is 11.0 Å². The minimum absolute atomic E-state index is 0.187. The van der Waals surface area contributed by atoms with Crippen molar-refractivity contribution in [3.05, 3.63) is 23.8 Å². The first kappa shape index (κ1) is 10.2. The van der Waals surface area contributed by atoms with Crippen LogP contribution in [0.1, 0.15) is 29.6 Å². The molecule has 1 N–H and O–H groups in total. The number of piperidine rings is 1. The van der Waals surface area contributed by atoms with Crippen LogP contribution < -0.4 is 5.32 Å². The van der Waals surface area contributed by atoms with Gasteiger partial charge >= 0.3 is 0 Å². The summed E-state index contributed by atoms with van der Waals surface area (Å²) in [5, 5.41) is 10.9. The maximum Gasteiger partial charge on any atom is 0.182 e. The Balaban J connectivity index is 1.75. The van der Waals surface area contributed by atoms with Crippen LogP contribution >= 0.6 is 0 Å². The van der Waals surface area contributed by atoms with Gasteiger partial charge in [0.05, 0.1) is 5.54 Å². The van der Waals surface area contributed by atoms with Crippen LogP contribution in [0.4, 0.5) is 0 Å². The predicted octanol–water partition coefficient (Wildman–Crippen LogP) is 1.55. The largest absolute Gasteiger partial charge is 0.304 e. The molecular weight excluding hydrogens is 230 g/mol. The number of fused-ring (bicyclic) bond motifs is 3. The second-order valence-corrected chi connectivity index (χ2v) is 5.37. The highest BCUT2D eigenvalue weighted by Gasteiger charge is 2.49. The Morgan fingerprint density at radius 2 is 2.28 bits per heavy atom. The summed E-state index contributed by atoms with van der Waals surface area (Å²) in [6, 6.07) is 5.38. The van der Waals surface area contributed by atoms with Gasteiger partial charge in [0.1, 0.15) is 11.0 Å². The van der Waals surface area contributed by atoms with Crippen molar-refractivity contribution in [2.45, 2.75) is 24.8 Å². The molecule has 2 fully saturated rings. The summed E-state index contributed by atoms with van der Waals surface area (Å²) in [5.41, 5.74) is 1.71. The topological polar surface area (TPSA) is 68.0 Å². The molecule has 18 heavy (non-hydrogen) atoms. The molecule has 0 spiro atoms. The van der Waals surface area contributed by atoms with E-state index in [0.717, 1.165) is 25.8 Å². The van der Waals surface area contributed by atoms with Gasteiger partial charge in [-0.1, -0.05) is 0 Å². The Hall–Kier alpha value is -1.75. The van der Waals surface area contributed by atoms with Crippen molar-refractivity contribution >= 4 is 16.8 Å². The molecule has 5 heteroatoms. The van der Waals surface area contributed by atoms with Crippen LogP contribution in [-0.4, -0.2) is 28.2 Å². The predicted molar refractivity (Wildman–Crippen MR) is 64.2 cm³/mol. The molecule has 4 rings (SSSR count). The number of ketones is 1. The number of aromatic nitrogens is 2. The summed E-state index contributed by atoms with van der Waals surface area (Å²) < 4.78 is 4.66. The summed E-state index contributed by atoms with van der Waals surface area (Å²) in [4.78, 5) is 12.7. The molecule has 1 aromatic carbocycles. The Bertz CT molecular complexity index is 626. The fourth-order valence-electron chi connectivity index (χ4n) is 3.31. The summed E-state index contributed by atoms with van der Waals surface area (Å²) in [6.07, 6.45) is 3.08. The summed E-state index contributed by atoms with van der Waals surface area (Å²) in [6.45, 7) is 0.972. The number of benzene rings is 1. The van der Waals surface area contributed by atoms with Crippen molar-refractivity contribution in [1.29, 1.82) is 0 Å². The van der Waals surface area contributed by atoms with Gasteiger partial charge in [0.2, 0.25) is 0 Å². The molecule has 5 nitrogen and oxygen atoms in total. The van der Waals surface area contributed by atoms with E-state index in [-0.39, 0.29) is 11.3 Å². The standard InChI is InChI=1S/C13H13N3O2/c17-12(13-4-3-8(6-13)7-14-13)9-1-2-10-11(5-9)16-18-15-10/h1-2,5,8,14H,3-4,6-7H2. The molecule has 2 aliphatic rings. The van der Waals surface area contributed by atoms with Crippen LogP contribution in [0.2, 0.25) is 0 Å². The number of hydrogen-bond donors (Lipinski definition) is 1. The fourth-order valence-corrected chi connectivity index (χ4v) is 3.31. The molecule has 2 bridgehead atoms. The molecule has 1 aliphatic carbocycles. The summed E-state index contributed by atoms with van der Waals surface area (Å²) in [5.74, 6) is 0.860.